The monoisotopic (exact) mass is 200 g/mol. The largest absolute Gasteiger partial charge is 0.389 e. The zero-order valence-corrected chi connectivity index (χ0v) is 8.90. The first-order chi connectivity index (χ1) is 6.26. The molecule has 0 aliphatic heterocycles. The van der Waals surface area contributed by atoms with E-state index >= 15 is 0 Å². The summed E-state index contributed by atoms with van der Waals surface area (Å²) in [7, 11) is 0. The molecule has 1 rings (SSSR count). The number of nitrogens with zero attached hydrogens (tertiary/aromatic N) is 1. The SMILES string of the molecule is CCC(C)NCc1csc(CO)n1. The molecule has 0 saturated heterocycles. The summed E-state index contributed by atoms with van der Waals surface area (Å²) in [6.07, 6.45) is 1.12. The predicted molar refractivity (Wildman–Crippen MR) is 54.6 cm³/mol. The van der Waals surface area contributed by atoms with Gasteiger partial charge in [-0.2, -0.15) is 0 Å². The highest BCUT2D eigenvalue weighted by Gasteiger charge is 2.02. The fourth-order valence-electron chi connectivity index (χ4n) is 0.926. The van der Waals surface area contributed by atoms with E-state index < -0.39 is 0 Å². The minimum Gasteiger partial charge on any atom is -0.389 e. The van der Waals surface area contributed by atoms with Crippen molar-refractivity contribution in [3.8, 4) is 0 Å². The lowest BCUT2D eigenvalue weighted by atomic mass is 10.2. The van der Waals surface area contributed by atoms with Crippen LogP contribution in [0.1, 0.15) is 31.0 Å². The van der Waals surface area contributed by atoms with Crippen LogP contribution in [0.2, 0.25) is 0 Å². The van der Waals surface area contributed by atoms with Crippen LogP contribution in [-0.2, 0) is 13.2 Å². The van der Waals surface area contributed by atoms with Gasteiger partial charge in [-0.15, -0.1) is 11.3 Å². The summed E-state index contributed by atoms with van der Waals surface area (Å²) in [5.74, 6) is 0. The van der Waals surface area contributed by atoms with Crippen LogP contribution in [0.3, 0.4) is 0 Å². The first kappa shape index (κ1) is 10.6. The van der Waals surface area contributed by atoms with Crippen molar-refractivity contribution in [3.63, 3.8) is 0 Å². The highest BCUT2D eigenvalue weighted by Crippen LogP contribution is 2.09. The molecule has 0 radical (unpaired) electrons. The molecule has 0 amide bonds. The second-order valence-corrected chi connectivity index (χ2v) is 4.02. The fraction of sp³-hybridized carbons (Fsp3) is 0.667. The molecule has 1 atom stereocenters. The first-order valence-corrected chi connectivity index (χ1v) is 5.41. The van der Waals surface area contributed by atoms with Gasteiger partial charge in [0.1, 0.15) is 5.01 Å². The molecule has 0 saturated carbocycles. The normalized spacial score (nSPS) is 13.2. The third-order valence-corrected chi connectivity index (χ3v) is 2.86. The van der Waals surface area contributed by atoms with Gasteiger partial charge in [0.25, 0.3) is 0 Å². The van der Waals surface area contributed by atoms with Crippen LogP contribution in [0.4, 0.5) is 0 Å². The minimum atomic E-state index is 0.0496. The van der Waals surface area contributed by atoms with Gasteiger partial charge in [0.15, 0.2) is 0 Å². The summed E-state index contributed by atoms with van der Waals surface area (Å²) in [5, 5.41) is 14.9. The van der Waals surface area contributed by atoms with Crippen molar-refractivity contribution >= 4 is 11.3 Å². The van der Waals surface area contributed by atoms with Gasteiger partial charge in [-0.3, -0.25) is 0 Å². The Kier molecular flexibility index (Phi) is 4.35. The molecule has 74 valence electrons. The molecule has 0 aliphatic rings. The van der Waals surface area contributed by atoms with Crippen LogP contribution in [0, 0.1) is 0 Å². The number of thiazole rings is 1. The number of hydrogen-bond acceptors (Lipinski definition) is 4. The lowest BCUT2D eigenvalue weighted by Gasteiger charge is -2.08. The van der Waals surface area contributed by atoms with Crippen molar-refractivity contribution in [2.45, 2.75) is 39.5 Å². The number of hydrogen-bond donors (Lipinski definition) is 2. The molecule has 1 aromatic heterocycles. The van der Waals surface area contributed by atoms with Crippen LogP contribution < -0.4 is 5.32 Å². The van der Waals surface area contributed by atoms with Gasteiger partial charge in [0.2, 0.25) is 0 Å². The third kappa shape index (κ3) is 3.42. The van der Waals surface area contributed by atoms with Crippen molar-refractivity contribution < 1.29 is 5.11 Å². The molecule has 4 heteroatoms. The van der Waals surface area contributed by atoms with Crippen molar-refractivity contribution in [2.24, 2.45) is 0 Å². The maximum Gasteiger partial charge on any atom is 0.118 e. The summed E-state index contributed by atoms with van der Waals surface area (Å²) < 4.78 is 0. The van der Waals surface area contributed by atoms with Crippen molar-refractivity contribution in [1.82, 2.24) is 10.3 Å². The standard InChI is InChI=1S/C9H16N2OS/c1-3-7(2)10-4-8-6-13-9(5-12)11-8/h6-7,10,12H,3-5H2,1-2H3. The van der Waals surface area contributed by atoms with E-state index in [2.05, 4.69) is 24.1 Å². The summed E-state index contributed by atoms with van der Waals surface area (Å²) >= 11 is 1.51. The van der Waals surface area contributed by atoms with E-state index in [9.17, 15) is 0 Å². The first-order valence-electron chi connectivity index (χ1n) is 4.53. The van der Waals surface area contributed by atoms with Gasteiger partial charge < -0.3 is 10.4 Å². The molecule has 0 bridgehead atoms. The summed E-state index contributed by atoms with van der Waals surface area (Å²) in [5.41, 5.74) is 1.02. The highest BCUT2D eigenvalue weighted by molar-refractivity contribution is 7.09. The molecule has 3 nitrogen and oxygen atoms in total. The van der Waals surface area contributed by atoms with Gasteiger partial charge in [0, 0.05) is 18.0 Å². The Balaban J connectivity index is 2.36. The molecule has 2 N–H and O–H groups in total. The van der Waals surface area contributed by atoms with E-state index in [1.165, 1.54) is 11.3 Å². The lowest BCUT2D eigenvalue weighted by Crippen LogP contribution is -2.24. The van der Waals surface area contributed by atoms with Gasteiger partial charge in [-0.1, -0.05) is 6.92 Å². The number of aliphatic hydroxyl groups excluding tert-OH is 1. The summed E-state index contributed by atoms with van der Waals surface area (Å²) in [6, 6.07) is 0.527. The topological polar surface area (TPSA) is 45.1 Å². The minimum absolute atomic E-state index is 0.0496. The van der Waals surface area contributed by atoms with Gasteiger partial charge in [-0.25, -0.2) is 4.98 Å². The third-order valence-electron chi connectivity index (χ3n) is 1.98. The second-order valence-electron chi connectivity index (χ2n) is 3.08. The molecular weight excluding hydrogens is 184 g/mol. The van der Waals surface area contributed by atoms with E-state index in [4.69, 9.17) is 5.11 Å². The maximum atomic E-state index is 8.80. The lowest BCUT2D eigenvalue weighted by molar-refractivity contribution is 0.281. The summed E-state index contributed by atoms with van der Waals surface area (Å²) in [6.45, 7) is 5.15. The van der Waals surface area contributed by atoms with E-state index in [1.807, 2.05) is 5.38 Å². The zero-order chi connectivity index (χ0) is 9.68. The number of nitrogens with one attached hydrogen (secondary N) is 1. The maximum absolute atomic E-state index is 8.80. The Morgan fingerprint density at radius 1 is 1.69 bits per heavy atom. The van der Waals surface area contributed by atoms with E-state index in [0.717, 1.165) is 23.7 Å². The Labute approximate surface area is 82.8 Å². The molecule has 13 heavy (non-hydrogen) atoms. The van der Waals surface area contributed by atoms with Gasteiger partial charge >= 0.3 is 0 Å². The quantitative estimate of drug-likeness (QED) is 0.757. The van der Waals surface area contributed by atoms with E-state index in [0.29, 0.717) is 6.04 Å². The highest BCUT2D eigenvalue weighted by atomic mass is 32.1. The summed E-state index contributed by atoms with van der Waals surface area (Å²) in [4.78, 5) is 4.24. The predicted octanol–water partition coefficient (Wildman–Crippen LogP) is 1.52. The zero-order valence-electron chi connectivity index (χ0n) is 8.08. The average molecular weight is 200 g/mol. The van der Waals surface area contributed by atoms with Crippen molar-refractivity contribution in [3.05, 3.63) is 16.1 Å². The smallest absolute Gasteiger partial charge is 0.118 e. The number of aromatic nitrogens is 1. The molecular formula is C9H16N2OS. The molecule has 1 unspecified atom stereocenters. The van der Waals surface area contributed by atoms with Crippen molar-refractivity contribution in [2.75, 3.05) is 0 Å². The molecule has 1 aromatic rings. The van der Waals surface area contributed by atoms with Gasteiger partial charge in [-0.05, 0) is 13.3 Å². The van der Waals surface area contributed by atoms with Crippen LogP contribution >= 0.6 is 11.3 Å². The fourth-order valence-corrected chi connectivity index (χ4v) is 1.58. The molecule has 0 aliphatic carbocycles. The Morgan fingerprint density at radius 2 is 2.46 bits per heavy atom. The van der Waals surface area contributed by atoms with Crippen molar-refractivity contribution in [1.29, 1.82) is 0 Å². The van der Waals surface area contributed by atoms with E-state index in [1.54, 1.807) is 0 Å². The Hall–Kier alpha value is -0.450. The second kappa shape index (κ2) is 5.32. The van der Waals surface area contributed by atoms with Gasteiger partial charge in [0.05, 0.1) is 12.3 Å². The molecule has 0 spiro atoms. The Bertz CT molecular complexity index is 250. The van der Waals surface area contributed by atoms with Crippen LogP contribution in [-0.4, -0.2) is 16.1 Å². The number of aliphatic hydroxyl groups is 1. The molecule has 0 fully saturated rings. The van der Waals surface area contributed by atoms with Crippen LogP contribution in [0.15, 0.2) is 5.38 Å². The Morgan fingerprint density at radius 3 is 3.00 bits per heavy atom. The van der Waals surface area contributed by atoms with E-state index in [-0.39, 0.29) is 6.61 Å². The molecule has 0 aromatic carbocycles. The average Bonchev–Trinajstić information content (AvgIpc) is 2.61. The molecule has 1 heterocycles. The number of rotatable bonds is 5. The van der Waals surface area contributed by atoms with Crippen LogP contribution in [0.25, 0.3) is 0 Å². The van der Waals surface area contributed by atoms with Crippen LogP contribution in [0.5, 0.6) is 0 Å².